The third-order valence-corrected chi connectivity index (χ3v) is 2.06. The van der Waals surface area contributed by atoms with Gasteiger partial charge in [0.1, 0.15) is 5.75 Å². The monoisotopic (exact) mass is 214 g/mol. The fraction of sp³-hybridized carbons (Fsp3) is 0.364. The summed E-state index contributed by atoms with van der Waals surface area (Å²) in [7, 11) is 0. The zero-order chi connectivity index (χ0) is 11.4. The minimum Gasteiger partial charge on any atom is -0.435 e. The highest BCUT2D eigenvalue weighted by Gasteiger charge is 2.10. The molecule has 0 N–H and O–H groups in total. The fourth-order valence-electron chi connectivity index (χ4n) is 1.29. The maximum absolute atomic E-state index is 12.0. The molecule has 0 spiro atoms. The zero-order valence-corrected chi connectivity index (χ0v) is 8.59. The molecular weight excluding hydrogens is 202 g/mol. The summed E-state index contributed by atoms with van der Waals surface area (Å²) in [6, 6.07) is 4.47. The Morgan fingerprint density at radius 3 is 2.60 bits per heavy atom. The van der Waals surface area contributed by atoms with Crippen LogP contribution in [0.25, 0.3) is 0 Å². The molecule has 0 bridgehead atoms. The number of hydrogen-bond acceptors (Lipinski definition) is 2. The quantitative estimate of drug-likeness (QED) is 0.720. The third kappa shape index (κ3) is 3.01. The number of benzene rings is 1. The van der Waals surface area contributed by atoms with Gasteiger partial charge >= 0.3 is 6.61 Å². The third-order valence-electron chi connectivity index (χ3n) is 2.06. The molecule has 2 nitrogen and oxygen atoms in total. The van der Waals surface area contributed by atoms with Gasteiger partial charge in [0.2, 0.25) is 0 Å². The zero-order valence-electron chi connectivity index (χ0n) is 8.59. The molecule has 0 aliphatic carbocycles. The summed E-state index contributed by atoms with van der Waals surface area (Å²) in [6.07, 6.45) is 0.545. The van der Waals surface area contributed by atoms with Crippen molar-refractivity contribution in [3.05, 3.63) is 29.3 Å². The average molecular weight is 214 g/mol. The number of alkyl halides is 2. The van der Waals surface area contributed by atoms with E-state index in [0.717, 1.165) is 0 Å². The van der Waals surface area contributed by atoms with E-state index in [1.165, 1.54) is 19.1 Å². The van der Waals surface area contributed by atoms with Crippen molar-refractivity contribution in [3.63, 3.8) is 0 Å². The highest BCUT2D eigenvalue weighted by molar-refractivity contribution is 5.94. The lowest BCUT2D eigenvalue weighted by molar-refractivity contribution is -0.0504. The Labute approximate surface area is 86.9 Å². The number of carbonyl (C=O) groups excluding carboxylic acids is 1. The first-order chi connectivity index (χ1) is 7.04. The molecule has 0 fully saturated rings. The van der Waals surface area contributed by atoms with Crippen molar-refractivity contribution in [2.24, 2.45) is 0 Å². The molecular formula is C11H12F2O2. The molecule has 15 heavy (non-hydrogen) atoms. The molecule has 0 heterocycles. The van der Waals surface area contributed by atoms with Crippen LogP contribution in [0.15, 0.2) is 18.2 Å². The summed E-state index contributed by atoms with van der Waals surface area (Å²) in [4.78, 5) is 11.1. The number of Topliss-reactive ketones (excluding diaryl/α,β-unsaturated/α-hetero) is 1. The van der Waals surface area contributed by atoms with Crippen LogP contribution in [0.3, 0.4) is 0 Å². The summed E-state index contributed by atoms with van der Waals surface area (Å²) >= 11 is 0. The van der Waals surface area contributed by atoms with Gasteiger partial charge in [0.05, 0.1) is 0 Å². The van der Waals surface area contributed by atoms with E-state index < -0.39 is 6.61 Å². The number of hydrogen-bond donors (Lipinski definition) is 0. The van der Waals surface area contributed by atoms with Crippen LogP contribution >= 0.6 is 0 Å². The van der Waals surface area contributed by atoms with Crippen molar-refractivity contribution in [1.29, 1.82) is 0 Å². The molecule has 0 aliphatic rings. The van der Waals surface area contributed by atoms with E-state index in [1.54, 1.807) is 6.07 Å². The van der Waals surface area contributed by atoms with Gasteiger partial charge in [-0.05, 0) is 37.1 Å². The minimum atomic E-state index is -2.83. The van der Waals surface area contributed by atoms with Crippen LogP contribution in [-0.2, 0) is 6.42 Å². The van der Waals surface area contributed by atoms with Gasteiger partial charge in [-0.3, -0.25) is 4.79 Å². The van der Waals surface area contributed by atoms with E-state index in [9.17, 15) is 13.6 Å². The molecule has 1 aromatic rings. The molecule has 0 saturated carbocycles. The van der Waals surface area contributed by atoms with Crippen LogP contribution in [0, 0.1) is 0 Å². The molecule has 0 atom stereocenters. The van der Waals surface area contributed by atoms with E-state index >= 15 is 0 Å². The van der Waals surface area contributed by atoms with Crippen LogP contribution in [0.1, 0.15) is 29.8 Å². The standard InChI is InChI=1S/C11H12F2O2/c1-3-8-6-9(7(2)14)4-5-10(8)15-11(12)13/h4-6,11H,3H2,1-2H3. The van der Waals surface area contributed by atoms with E-state index in [2.05, 4.69) is 4.74 Å². The van der Waals surface area contributed by atoms with E-state index in [1.807, 2.05) is 6.92 Å². The predicted molar refractivity (Wildman–Crippen MR) is 52.5 cm³/mol. The van der Waals surface area contributed by atoms with Gasteiger partial charge in [-0.2, -0.15) is 8.78 Å². The van der Waals surface area contributed by atoms with Crippen LogP contribution in [-0.4, -0.2) is 12.4 Å². The molecule has 0 radical (unpaired) electrons. The second-order valence-corrected chi connectivity index (χ2v) is 3.11. The first-order valence-corrected chi connectivity index (χ1v) is 4.63. The van der Waals surface area contributed by atoms with Gasteiger partial charge in [-0.15, -0.1) is 0 Å². The highest BCUT2D eigenvalue weighted by Crippen LogP contribution is 2.22. The van der Waals surface area contributed by atoms with Crippen LogP contribution in [0.5, 0.6) is 5.75 Å². The van der Waals surface area contributed by atoms with Gasteiger partial charge in [-0.1, -0.05) is 6.92 Å². The normalized spacial score (nSPS) is 10.5. The number of halogens is 2. The number of aryl methyl sites for hydroxylation is 1. The number of carbonyl (C=O) groups is 1. The van der Waals surface area contributed by atoms with Crippen molar-refractivity contribution in [2.45, 2.75) is 26.9 Å². The highest BCUT2D eigenvalue weighted by atomic mass is 19.3. The van der Waals surface area contributed by atoms with Crippen molar-refractivity contribution in [2.75, 3.05) is 0 Å². The Morgan fingerprint density at radius 1 is 1.47 bits per heavy atom. The molecule has 1 rings (SSSR count). The molecule has 0 unspecified atom stereocenters. The van der Waals surface area contributed by atoms with Crippen LogP contribution in [0.2, 0.25) is 0 Å². The van der Waals surface area contributed by atoms with Crippen molar-refractivity contribution in [3.8, 4) is 5.75 Å². The SMILES string of the molecule is CCc1cc(C(C)=O)ccc1OC(F)F. The molecule has 0 aliphatic heterocycles. The second kappa shape index (κ2) is 4.87. The maximum Gasteiger partial charge on any atom is 0.387 e. The fourth-order valence-corrected chi connectivity index (χ4v) is 1.29. The lowest BCUT2D eigenvalue weighted by Crippen LogP contribution is -2.05. The van der Waals surface area contributed by atoms with Crippen LogP contribution < -0.4 is 4.74 Å². The van der Waals surface area contributed by atoms with Gasteiger partial charge in [-0.25, -0.2) is 0 Å². The first-order valence-electron chi connectivity index (χ1n) is 4.63. The number of ether oxygens (including phenoxy) is 1. The van der Waals surface area contributed by atoms with Crippen LogP contribution in [0.4, 0.5) is 8.78 Å². The summed E-state index contributed by atoms with van der Waals surface area (Å²) in [5.74, 6) is 0.0470. The van der Waals surface area contributed by atoms with Crippen molar-refractivity contribution < 1.29 is 18.3 Å². The molecule has 4 heteroatoms. The van der Waals surface area contributed by atoms with E-state index in [4.69, 9.17) is 0 Å². The Bertz CT molecular complexity index is 362. The lowest BCUT2D eigenvalue weighted by Gasteiger charge is -2.10. The second-order valence-electron chi connectivity index (χ2n) is 3.11. The molecule has 82 valence electrons. The Kier molecular flexibility index (Phi) is 3.77. The summed E-state index contributed by atoms with van der Waals surface area (Å²) in [5, 5.41) is 0. The Balaban J connectivity index is 3.03. The Morgan fingerprint density at radius 2 is 2.13 bits per heavy atom. The molecule has 0 aromatic heterocycles. The van der Waals surface area contributed by atoms with Crippen molar-refractivity contribution in [1.82, 2.24) is 0 Å². The van der Waals surface area contributed by atoms with Crippen molar-refractivity contribution >= 4 is 5.78 Å². The van der Waals surface area contributed by atoms with Gasteiger partial charge in [0.25, 0.3) is 0 Å². The van der Waals surface area contributed by atoms with Gasteiger partial charge < -0.3 is 4.74 Å². The largest absolute Gasteiger partial charge is 0.435 e. The van der Waals surface area contributed by atoms with E-state index in [0.29, 0.717) is 17.5 Å². The predicted octanol–water partition coefficient (Wildman–Crippen LogP) is 3.05. The smallest absolute Gasteiger partial charge is 0.387 e. The lowest BCUT2D eigenvalue weighted by atomic mass is 10.1. The summed E-state index contributed by atoms with van der Waals surface area (Å²) in [6.45, 7) is 0.415. The summed E-state index contributed by atoms with van der Waals surface area (Å²) < 4.78 is 28.3. The summed E-state index contributed by atoms with van der Waals surface area (Å²) in [5.41, 5.74) is 1.12. The van der Waals surface area contributed by atoms with Gasteiger partial charge in [0.15, 0.2) is 5.78 Å². The van der Waals surface area contributed by atoms with E-state index in [-0.39, 0.29) is 11.5 Å². The first kappa shape index (κ1) is 11.6. The average Bonchev–Trinajstić information content (AvgIpc) is 2.17. The molecule has 1 aromatic carbocycles. The topological polar surface area (TPSA) is 26.3 Å². The van der Waals surface area contributed by atoms with Gasteiger partial charge in [0, 0.05) is 5.56 Å². The molecule has 0 saturated heterocycles. The Hall–Kier alpha value is -1.45. The number of rotatable bonds is 4. The number of ketones is 1. The molecule has 0 amide bonds. The minimum absolute atomic E-state index is 0.0895. The maximum atomic E-state index is 12.0.